The summed E-state index contributed by atoms with van der Waals surface area (Å²) in [5, 5.41) is 9.57. The number of amides is 1. The number of rotatable bonds is 6. The van der Waals surface area contributed by atoms with Crippen LogP contribution in [0.2, 0.25) is 0 Å². The predicted octanol–water partition coefficient (Wildman–Crippen LogP) is 3.91. The lowest BCUT2D eigenvalue weighted by atomic mass is 10.0. The van der Waals surface area contributed by atoms with E-state index in [0.717, 1.165) is 11.1 Å². The Bertz CT molecular complexity index is 637. The standard InChI is InChI=1S/C18H17ClN2O/c19-12-11-18(22)21(14-15-7-3-1-4-8-15)17(13-20)16-9-5-2-6-10-16/h1-10,17H,11-12,14H2/t17-/m0/s1. The molecule has 0 fully saturated rings. The Labute approximate surface area is 135 Å². The summed E-state index contributed by atoms with van der Waals surface area (Å²) in [4.78, 5) is 14.0. The van der Waals surface area contributed by atoms with Crippen LogP contribution in [0.15, 0.2) is 60.7 Å². The summed E-state index contributed by atoms with van der Waals surface area (Å²) < 4.78 is 0. The van der Waals surface area contributed by atoms with E-state index >= 15 is 0 Å². The molecule has 0 saturated heterocycles. The molecule has 2 aromatic carbocycles. The van der Waals surface area contributed by atoms with Gasteiger partial charge < -0.3 is 4.90 Å². The molecule has 0 N–H and O–H groups in total. The Morgan fingerprint density at radius 3 is 2.23 bits per heavy atom. The molecule has 112 valence electrons. The molecule has 2 rings (SSSR count). The summed E-state index contributed by atoms with van der Waals surface area (Å²) in [5.41, 5.74) is 1.80. The van der Waals surface area contributed by atoms with Gasteiger partial charge in [0, 0.05) is 18.8 Å². The van der Waals surface area contributed by atoms with Crippen LogP contribution in [0, 0.1) is 11.3 Å². The van der Waals surface area contributed by atoms with Crippen LogP contribution in [0.3, 0.4) is 0 Å². The van der Waals surface area contributed by atoms with Crippen molar-refractivity contribution in [2.24, 2.45) is 0 Å². The lowest BCUT2D eigenvalue weighted by Crippen LogP contribution is -2.34. The highest BCUT2D eigenvalue weighted by molar-refractivity contribution is 6.18. The van der Waals surface area contributed by atoms with E-state index in [2.05, 4.69) is 6.07 Å². The monoisotopic (exact) mass is 312 g/mol. The van der Waals surface area contributed by atoms with Gasteiger partial charge in [-0.25, -0.2) is 0 Å². The van der Waals surface area contributed by atoms with Gasteiger partial charge in [-0.15, -0.1) is 11.6 Å². The van der Waals surface area contributed by atoms with Crippen molar-refractivity contribution in [1.82, 2.24) is 4.90 Å². The summed E-state index contributed by atoms with van der Waals surface area (Å²) in [5.74, 6) is 0.131. The lowest BCUT2D eigenvalue weighted by molar-refractivity contribution is -0.132. The molecule has 0 unspecified atom stereocenters. The molecule has 2 aromatic rings. The Hall–Kier alpha value is -2.31. The third-order valence-corrected chi connectivity index (χ3v) is 3.56. The summed E-state index contributed by atoms with van der Waals surface area (Å²) in [7, 11) is 0. The van der Waals surface area contributed by atoms with E-state index in [1.165, 1.54) is 0 Å². The Balaban J connectivity index is 2.30. The van der Waals surface area contributed by atoms with E-state index in [4.69, 9.17) is 11.6 Å². The highest BCUT2D eigenvalue weighted by Crippen LogP contribution is 2.23. The van der Waals surface area contributed by atoms with Gasteiger partial charge in [-0.05, 0) is 11.1 Å². The molecule has 0 heterocycles. The number of nitrogens with zero attached hydrogens (tertiary/aromatic N) is 2. The fraction of sp³-hybridized carbons (Fsp3) is 0.222. The predicted molar refractivity (Wildman–Crippen MR) is 87.1 cm³/mol. The number of carbonyl (C=O) groups is 1. The summed E-state index contributed by atoms with van der Waals surface area (Å²) in [6.45, 7) is 0.393. The highest BCUT2D eigenvalue weighted by atomic mass is 35.5. The van der Waals surface area contributed by atoms with Gasteiger partial charge in [0.1, 0.15) is 6.04 Å². The molecular formula is C18H17ClN2O. The highest BCUT2D eigenvalue weighted by Gasteiger charge is 2.24. The summed E-state index contributed by atoms with van der Waals surface area (Å²) >= 11 is 5.71. The zero-order valence-electron chi connectivity index (χ0n) is 12.2. The summed E-state index contributed by atoms with van der Waals surface area (Å²) in [6.07, 6.45) is 0.222. The van der Waals surface area contributed by atoms with Crippen LogP contribution in [0.5, 0.6) is 0 Å². The smallest absolute Gasteiger partial charge is 0.225 e. The van der Waals surface area contributed by atoms with Gasteiger partial charge in [0.05, 0.1) is 6.07 Å². The van der Waals surface area contributed by atoms with Crippen LogP contribution in [-0.4, -0.2) is 16.7 Å². The molecule has 0 aliphatic rings. The van der Waals surface area contributed by atoms with Crippen LogP contribution >= 0.6 is 11.6 Å². The van der Waals surface area contributed by atoms with Gasteiger partial charge in [0.2, 0.25) is 5.91 Å². The molecule has 22 heavy (non-hydrogen) atoms. The maximum absolute atomic E-state index is 12.4. The number of benzene rings is 2. The van der Waals surface area contributed by atoms with Gasteiger partial charge in [0.15, 0.2) is 0 Å². The quantitative estimate of drug-likeness (QED) is 0.759. The van der Waals surface area contributed by atoms with Crippen molar-refractivity contribution < 1.29 is 4.79 Å². The van der Waals surface area contributed by atoms with Crippen molar-refractivity contribution in [3.05, 3.63) is 71.8 Å². The maximum atomic E-state index is 12.4. The number of hydrogen-bond acceptors (Lipinski definition) is 2. The van der Waals surface area contributed by atoms with E-state index in [1.807, 2.05) is 60.7 Å². The van der Waals surface area contributed by atoms with Crippen molar-refractivity contribution in [3.8, 4) is 6.07 Å². The average molecular weight is 313 g/mol. The molecule has 1 amide bonds. The third kappa shape index (κ3) is 4.09. The Morgan fingerprint density at radius 2 is 1.68 bits per heavy atom. The van der Waals surface area contributed by atoms with Crippen molar-refractivity contribution in [2.75, 3.05) is 5.88 Å². The minimum absolute atomic E-state index is 0.116. The fourth-order valence-electron chi connectivity index (χ4n) is 2.29. The molecule has 3 nitrogen and oxygen atoms in total. The molecule has 4 heteroatoms. The van der Waals surface area contributed by atoms with E-state index in [9.17, 15) is 10.1 Å². The van der Waals surface area contributed by atoms with Gasteiger partial charge >= 0.3 is 0 Å². The molecule has 0 bridgehead atoms. The number of alkyl halides is 1. The largest absolute Gasteiger partial charge is 0.318 e. The first-order chi connectivity index (χ1) is 10.8. The van der Waals surface area contributed by atoms with E-state index < -0.39 is 6.04 Å². The van der Waals surface area contributed by atoms with Crippen molar-refractivity contribution in [2.45, 2.75) is 19.0 Å². The Morgan fingerprint density at radius 1 is 1.09 bits per heavy atom. The van der Waals surface area contributed by atoms with Gasteiger partial charge in [-0.1, -0.05) is 60.7 Å². The SMILES string of the molecule is N#C[C@@H](c1ccccc1)N(Cc1ccccc1)C(=O)CCCl. The number of hydrogen-bond donors (Lipinski definition) is 0. The van der Waals surface area contributed by atoms with Gasteiger partial charge in [0.25, 0.3) is 0 Å². The third-order valence-electron chi connectivity index (χ3n) is 3.37. The zero-order valence-corrected chi connectivity index (χ0v) is 12.9. The van der Waals surface area contributed by atoms with Gasteiger partial charge in [-0.3, -0.25) is 4.79 Å². The minimum Gasteiger partial charge on any atom is -0.318 e. The second-order valence-electron chi connectivity index (χ2n) is 4.89. The van der Waals surface area contributed by atoms with Crippen LogP contribution < -0.4 is 0 Å². The number of halogens is 1. The topological polar surface area (TPSA) is 44.1 Å². The maximum Gasteiger partial charge on any atom is 0.225 e. The van der Waals surface area contributed by atoms with E-state index in [0.29, 0.717) is 6.54 Å². The molecule has 0 radical (unpaired) electrons. The first-order valence-electron chi connectivity index (χ1n) is 7.10. The molecule has 0 saturated carbocycles. The molecule has 0 aliphatic carbocycles. The zero-order chi connectivity index (χ0) is 15.8. The van der Waals surface area contributed by atoms with Crippen LogP contribution in [0.4, 0.5) is 0 Å². The van der Waals surface area contributed by atoms with Crippen LogP contribution in [0.1, 0.15) is 23.6 Å². The Kier molecular flexibility index (Phi) is 6.00. The molecular weight excluding hydrogens is 296 g/mol. The average Bonchev–Trinajstić information content (AvgIpc) is 2.57. The first kappa shape index (κ1) is 16.1. The molecule has 0 aliphatic heterocycles. The van der Waals surface area contributed by atoms with Crippen LogP contribution in [-0.2, 0) is 11.3 Å². The van der Waals surface area contributed by atoms with Gasteiger partial charge in [-0.2, -0.15) is 5.26 Å². The molecule has 0 spiro atoms. The number of nitriles is 1. The van der Waals surface area contributed by atoms with Crippen molar-refractivity contribution in [1.29, 1.82) is 5.26 Å². The first-order valence-corrected chi connectivity index (χ1v) is 7.63. The van der Waals surface area contributed by atoms with Crippen molar-refractivity contribution in [3.63, 3.8) is 0 Å². The lowest BCUT2D eigenvalue weighted by Gasteiger charge is -2.27. The molecule has 0 aromatic heterocycles. The van der Waals surface area contributed by atoms with E-state index in [1.54, 1.807) is 4.90 Å². The van der Waals surface area contributed by atoms with Crippen LogP contribution in [0.25, 0.3) is 0 Å². The van der Waals surface area contributed by atoms with E-state index in [-0.39, 0.29) is 18.2 Å². The fourth-order valence-corrected chi connectivity index (χ4v) is 2.45. The summed E-state index contributed by atoms with van der Waals surface area (Å²) in [6, 6.07) is 20.6. The second kappa shape index (κ2) is 8.21. The normalized spacial score (nSPS) is 11.5. The van der Waals surface area contributed by atoms with Crippen molar-refractivity contribution >= 4 is 17.5 Å². The minimum atomic E-state index is -0.614. The second-order valence-corrected chi connectivity index (χ2v) is 5.27. The number of carbonyl (C=O) groups excluding carboxylic acids is 1. The molecule has 1 atom stereocenters.